The second kappa shape index (κ2) is 40.2. The maximum absolute atomic E-state index is 12.4. The molecule has 0 aliphatic carbocycles. The van der Waals surface area contributed by atoms with Gasteiger partial charge in [-0.3, -0.25) is 14.1 Å². The third kappa shape index (κ3) is 43.1. The summed E-state index contributed by atoms with van der Waals surface area (Å²) in [6.07, 6.45) is 46.2. The first kappa shape index (κ1) is 51.5. The lowest BCUT2D eigenvalue weighted by Gasteiger charge is -2.18. The summed E-state index contributed by atoms with van der Waals surface area (Å²) < 4.78 is 26.4. The van der Waals surface area contributed by atoms with E-state index in [-0.39, 0.29) is 19.4 Å². The van der Waals surface area contributed by atoms with Gasteiger partial charge in [-0.25, -0.2) is 4.57 Å². The molecule has 312 valence electrons. The summed E-state index contributed by atoms with van der Waals surface area (Å²) >= 11 is 0. The predicted molar refractivity (Wildman–Crippen MR) is 221 cm³/mol. The van der Waals surface area contributed by atoms with Crippen LogP contribution in [0, 0.1) is 0 Å². The minimum absolute atomic E-state index is 0.199. The van der Waals surface area contributed by atoms with Gasteiger partial charge in [0.25, 0.3) is 0 Å². The molecule has 2 N–H and O–H groups in total. The fraction of sp³-hybridized carbons (Fsp3) is 0.864. The maximum atomic E-state index is 12.4. The summed E-state index contributed by atoms with van der Waals surface area (Å²) in [5.74, 6) is -0.890. The van der Waals surface area contributed by atoms with E-state index in [0.29, 0.717) is 6.42 Å². The lowest BCUT2D eigenvalue weighted by Crippen LogP contribution is -2.29. The lowest BCUT2D eigenvalue weighted by molar-refractivity contribution is -0.161. The fourth-order valence-corrected chi connectivity index (χ4v) is 6.77. The number of unbranched alkanes of at least 4 members (excludes halogenated alkanes) is 27. The van der Waals surface area contributed by atoms with Gasteiger partial charge in [0.2, 0.25) is 0 Å². The van der Waals surface area contributed by atoms with E-state index in [1.165, 1.54) is 135 Å². The van der Waals surface area contributed by atoms with E-state index in [1.54, 1.807) is 0 Å². The highest BCUT2D eigenvalue weighted by Crippen LogP contribution is 2.36. The van der Waals surface area contributed by atoms with Crippen LogP contribution in [0.4, 0.5) is 0 Å². The van der Waals surface area contributed by atoms with Crippen LogP contribution in [0.25, 0.3) is 0 Å². The van der Waals surface area contributed by atoms with E-state index >= 15 is 0 Å². The van der Waals surface area contributed by atoms with Gasteiger partial charge in [0, 0.05) is 12.8 Å². The summed E-state index contributed by atoms with van der Waals surface area (Å²) in [5.41, 5.74) is 0. The van der Waals surface area contributed by atoms with E-state index in [4.69, 9.17) is 19.3 Å². The molecule has 53 heavy (non-hydrogen) atoms. The Labute approximate surface area is 326 Å². The summed E-state index contributed by atoms with van der Waals surface area (Å²) in [4.78, 5) is 42.9. The minimum atomic E-state index is -4.75. The largest absolute Gasteiger partial charge is 0.469 e. The number of allylic oxidation sites excluding steroid dienone is 4. The van der Waals surface area contributed by atoms with Gasteiger partial charge < -0.3 is 19.3 Å². The smallest absolute Gasteiger partial charge is 0.462 e. The van der Waals surface area contributed by atoms with Gasteiger partial charge in [0.05, 0.1) is 6.61 Å². The highest BCUT2D eigenvalue weighted by atomic mass is 31.2. The first-order chi connectivity index (χ1) is 25.8. The normalized spacial score (nSPS) is 12.6. The third-order valence-electron chi connectivity index (χ3n) is 9.72. The molecule has 0 aliphatic heterocycles. The number of carbonyl (C=O) groups is 2. The van der Waals surface area contributed by atoms with Crippen molar-refractivity contribution in [3.63, 3.8) is 0 Å². The number of rotatable bonds is 41. The fourth-order valence-electron chi connectivity index (χ4n) is 6.40. The van der Waals surface area contributed by atoms with Crippen LogP contribution in [-0.4, -0.2) is 41.0 Å². The van der Waals surface area contributed by atoms with E-state index in [0.717, 1.165) is 57.8 Å². The average Bonchev–Trinajstić information content (AvgIpc) is 3.13. The van der Waals surface area contributed by atoms with Crippen LogP contribution in [0.1, 0.15) is 226 Å². The lowest BCUT2D eigenvalue weighted by atomic mass is 10.0. The monoisotopic (exact) mass is 771 g/mol. The Morgan fingerprint density at radius 3 is 1.28 bits per heavy atom. The second-order valence-electron chi connectivity index (χ2n) is 15.0. The van der Waals surface area contributed by atoms with Crippen molar-refractivity contribution in [2.75, 3.05) is 13.2 Å². The summed E-state index contributed by atoms with van der Waals surface area (Å²) in [7, 11) is -4.75. The molecule has 0 aromatic heterocycles. The van der Waals surface area contributed by atoms with Gasteiger partial charge in [-0.05, 0) is 44.9 Å². The zero-order valence-electron chi connectivity index (χ0n) is 34.4. The molecule has 0 radical (unpaired) electrons. The number of phosphoric acid groups is 1. The molecular weight excluding hydrogens is 687 g/mol. The molecule has 1 unspecified atom stereocenters. The van der Waals surface area contributed by atoms with Crippen LogP contribution >= 0.6 is 7.82 Å². The average molecular weight is 771 g/mol. The van der Waals surface area contributed by atoms with Crippen LogP contribution in [0.2, 0.25) is 0 Å². The van der Waals surface area contributed by atoms with Crippen LogP contribution in [0.3, 0.4) is 0 Å². The van der Waals surface area contributed by atoms with E-state index < -0.39 is 32.5 Å². The van der Waals surface area contributed by atoms with Crippen molar-refractivity contribution < 1.29 is 37.9 Å². The Balaban J connectivity index is 3.86. The van der Waals surface area contributed by atoms with Crippen molar-refractivity contribution in [2.45, 2.75) is 232 Å². The van der Waals surface area contributed by atoms with E-state index in [2.05, 4.69) is 42.7 Å². The molecule has 0 aromatic carbocycles. The highest BCUT2D eigenvalue weighted by Gasteiger charge is 2.22. The first-order valence-electron chi connectivity index (χ1n) is 22.1. The van der Waals surface area contributed by atoms with Gasteiger partial charge in [-0.2, -0.15) is 0 Å². The number of carbonyl (C=O) groups excluding carboxylic acids is 2. The van der Waals surface area contributed by atoms with Crippen molar-refractivity contribution >= 4 is 19.8 Å². The summed E-state index contributed by atoms with van der Waals surface area (Å²) in [5, 5.41) is 0. The predicted octanol–water partition coefficient (Wildman–Crippen LogP) is 13.6. The molecule has 0 fully saturated rings. The Morgan fingerprint density at radius 2 is 0.849 bits per heavy atom. The van der Waals surface area contributed by atoms with Crippen LogP contribution < -0.4 is 0 Å². The zero-order valence-corrected chi connectivity index (χ0v) is 35.3. The standard InChI is InChI=1S/C44H83O8P/c1-3-5-7-9-11-13-15-17-19-20-21-22-23-25-26-28-30-32-34-36-38-43(45)50-40-42(41-51-53(47,48)49)52-44(46)39-37-35-33-31-29-27-24-18-16-14-12-10-8-6-4-2/h12,14,18,24,42H,3-11,13,15-17,19-23,25-41H2,1-2H3,(H2,47,48,49)/b14-12-,24-18-. The van der Waals surface area contributed by atoms with Gasteiger partial charge in [0.1, 0.15) is 6.61 Å². The second-order valence-corrected chi connectivity index (χ2v) is 16.3. The van der Waals surface area contributed by atoms with Crippen molar-refractivity contribution in [3.05, 3.63) is 24.3 Å². The Morgan fingerprint density at radius 1 is 0.491 bits per heavy atom. The zero-order chi connectivity index (χ0) is 38.9. The van der Waals surface area contributed by atoms with Crippen molar-refractivity contribution in [3.8, 4) is 0 Å². The maximum Gasteiger partial charge on any atom is 0.469 e. The molecule has 0 spiro atoms. The molecule has 0 heterocycles. The number of ether oxygens (including phenoxy) is 2. The SMILES string of the molecule is CCCCC/C=C\C/C=C\CCCCCCCC(=O)OC(COC(=O)CCCCCCCCCCCCCCCCCCCCCC)COP(=O)(O)O. The molecule has 0 saturated heterocycles. The molecular formula is C44H83O8P. The quantitative estimate of drug-likeness (QED) is 0.0273. The number of hydrogen-bond acceptors (Lipinski definition) is 6. The van der Waals surface area contributed by atoms with Crippen LogP contribution in [0.15, 0.2) is 24.3 Å². The van der Waals surface area contributed by atoms with E-state index in [1.807, 2.05) is 0 Å². The number of hydrogen-bond donors (Lipinski definition) is 2. The molecule has 0 saturated carbocycles. The molecule has 0 bridgehead atoms. The topological polar surface area (TPSA) is 119 Å². The summed E-state index contributed by atoms with van der Waals surface area (Å²) in [6, 6.07) is 0. The molecule has 0 amide bonds. The van der Waals surface area contributed by atoms with Gasteiger partial charge >= 0.3 is 19.8 Å². The molecule has 1 atom stereocenters. The van der Waals surface area contributed by atoms with Crippen LogP contribution in [0.5, 0.6) is 0 Å². The minimum Gasteiger partial charge on any atom is -0.462 e. The van der Waals surface area contributed by atoms with Crippen molar-refractivity contribution in [1.29, 1.82) is 0 Å². The van der Waals surface area contributed by atoms with Gasteiger partial charge in [-0.1, -0.05) is 192 Å². The molecule has 8 nitrogen and oxygen atoms in total. The highest BCUT2D eigenvalue weighted by molar-refractivity contribution is 7.46. The molecule has 0 aromatic rings. The molecule has 0 aliphatic rings. The summed E-state index contributed by atoms with van der Waals surface area (Å²) in [6.45, 7) is 3.67. The van der Waals surface area contributed by atoms with E-state index in [9.17, 15) is 14.2 Å². The Bertz CT molecular complexity index is 915. The molecule has 9 heteroatoms. The van der Waals surface area contributed by atoms with Gasteiger partial charge in [-0.15, -0.1) is 0 Å². The Kier molecular flexibility index (Phi) is 39.1. The third-order valence-corrected chi connectivity index (χ3v) is 10.2. The number of esters is 2. The number of phosphoric ester groups is 1. The van der Waals surface area contributed by atoms with Crippen molar-refractivity contribution in [1.82, 2.24) is 0 Å². The molecule has 0 rings (SSSR count). The van der Waals surface area contributed by atoms with Crippen LogP contribution in [-0.2, 0) is 28.2 Å². The van der Waals surface area contributed by atoms with Crippen molar-refractivity contribution in [2.24, 2.45) is 0 Å². The first-order valence-corrected chi connectivity index (χ1v) is 23.7. The van der Waals surface area contributed by atoms with Gasteiger partial charge in [0.15, 0.2) is 6.10 Å². The Hall–Kier alpha value is -1.47.